The molecule has 0 unspecified atom stereocenters. The number of carbonyl (C=O) groups is 1. The maximum absolute atomic E-state index is 12.2. The van der Waals surface area contributed by atoms with Gasteiger partial charge in [0.15, 0.2) is 0 Å². The molecule has 2 aromatic heterocycles. The van der Waals surface area contributed by atoms with E-state index >= 15 is 0 Å². The second-order valence-corrected chi connectivity index (χ2v) is 5.74. The van der Waals surface area contributed by atoms with Gasteiger partial charge in [0.1, 0.15) is 5.69 Å². The van der Waals surface area contributed by atoms with Gasteiger partial charge >= 0.3 is 0 Å². The van der Waals surface area contributed by atoms with Crippen LogP contribution in [0.3, 0.4) is 0 Å². The zero-order valence-corrected chi connectivity index (χ0v) is 13.7. The van der Waals surface area contributed by atoms with Crippen molar-refractivity contribution in [1.29, 1.82) is 0 Å². The maximum Gasteiger partial charge on any atom is 0.273 e. The molecule has 0 fully saturated rings. The van der Waals surface area contributed by atoms with E-state index in [2.05, 4.69) is 47.2 Å². The molecule has 2 rings (SSSR count). The second-order valence-electron chi connectivity index (χ2n) is 4.03. The first-order valence-corrected chi connectivity index (χ1v) is 7.27. The van der Waals surface area contributed by atoms with Crippen molar-refractivity contribution in [1.82, 2.24) is 24.9 Å². The van der Waals surface area contributed by atoms with Crippen molar-refractivity contribution in [3.63, 3.8) is 0 Å². The Hall–Kier alpha value is -1.15. The zero-order chi connectivity index (χ0) is 14.0. The Kier molecular flexibility index (Phi) is 4.41. The van der Waals surface area contributed by atoms with Gasteiger partial charge in [-0.25, -0.2) is 0 Å². The van der Waals surface area contributed by atoms with Crippen molar-refractivity contribution in [2.24, 2.45) is 0 Å². The molecule has 0 radical (unpaired) electrons. The molecule has 0 aromatic carbocycles. The summed E-state index contributed by atoms with van der Waals surface area (Å²) in [5.41, 5.74) is 1.27. The van der Waals surface area contributed by atoms with Crippen LogP contribution < -0.4 is 0 Å². The fourth-order valence-electron chi connectivity index (χ4n) is 1.61. The first-order chi connectivity index (χ1) is 9.02. The van der Waals surface area contributed by atoms with E-state index in [0.717, 1.165) is 16.7 Å². The molecule has 0 saturated carbocycles. The Labute approximate surface area is 127 Å². The van der Waals surface area contributed by atoms with Gasteiger partial charge in [-0.3, -0.25) is 14.6 Å². The van der Waals surface area contributed by atoms with Gasteiger partial charge in [0.25, 0.3) is 5.91 Å². The lowest BCUT2D eigenvalue weighted by atomic mass is 10.3. The summed E-state index contributed by atoms with van der Waals surface area (Å²) in [6.07, 6.45) is 3.46. The second kappa shape index (κ2) is 5.87. The molecule has 19 heavy (non-hydrogen) atoms. The summed E-state index contributed by atoms with van der Waals surface area (Å²) in [5, 5.41) is 10.9. The zero-order valence-electron chi connectivity index (χ0n) is 10.5. The Morgan fingerprint density at radius 2 is 2.21 bits per heavy atom. The normalized spacial score (nSPS) is 10.7. The summed E-state index contributed by atoms with van der Waals surface area (Å²) in [6, 6.07) is 0. The topological polar surface area (TPSA) is 66.8 Å². The highest BCUT2D eigenvalue weighted by Crippen LogP contribution is 2.19. The largest absolute Gasteiger partial charge is 0.334 e. The van der Waals surface area contributed by atoms with E-state index < -0.39 is 0 Å². The average molecular weight is 391 g/mol. The molecule has 8 heteroatoms. The van der Waals surface area contributed by atoms with Crippen molar-refractivity contribution in [2.45, 2.75) is 20.0 Å². The summed E-state index contributed by atoms with van der Waals surface area (Å²) in [6.45, 7) is 3.24. The summed E-state index contributed by atoms with van der Waals surface area (Å²) in [4.78, 5) is 13.8. The Bertz CT molecular complexity index is 592. The van der Waals surface area contributed by atoms with Crippen LogP contribution in [0.2, 0.25) is 0 Å². The summed E-state index contributed by atoms with van der Waals surface area (Å²) >= 11 is 6.73. The van der Waals surface area contributed by atoms with Gasteiger partial charge in [-0.05, 0) is 38.8 Å². The molecule has 0 atom stereocenters. The van der Waals surface area contributed by atoms with Gasteiger partial charge in [0.2, 0.25) is 0 Å². The van der Waals surface area contributed by atoms with E-state index in [-0.39, 0.29) is 5.91 Å². The number of aromatic amines is 1. The molecule has 0 aliphatic heterocycles. The van der Waals surface area contributed by atoms with Crippen molar-refractivity contribution in [3.05, 3.63) is 32.7 Å². The van der Waals surface area contributed by atoms with Gasteiger partial charge < -0.3 is 4.90 Å². The highest BCUT2D eigenvalue weighted by atomic mass is 79.9. The minimum atomic E-state index is -0.137. The molecule has 1 N–H and O–H groups in total. The summed E-state index contributed by atoms with van der Waals surface area (Å²) in [5.74, 6) is -0.137. The number of hydrogen-bond acceptors (Lipinski definition) is 3. The van der Waals surface area contributed by atoms with Crippen LogP contribution in [-0.2, 0) is 13.1 Å². The lowest BCUT2D eigenvalue weighted by Gasteiger charge is -2.15. The van der Waals surface area contributed by atoms with E-state index in [1.54, 1.807) is 18.1 Å². The fraction of sp³-hybridized carbons (Fsp3) is 0.364. The summed E-state index contributed by atoms with van der Waals surface area (Å²) in [7, 11) is 1.73. The minimum absolute atomic E-state index is 0.137. The molecule has 6 nitrogen and oxygen atoms in total. The third-order valence-electron chi connectivity index (χ3n) is 2.65. The number of amides is 1. The third-order valence-corrected chi connectivity index (χ3v) is 3.92. The van der Waals surface area contributed by atoms with Crippen LogP contribution >= 0.6 is 31.9 Å². The monoisotopic (exact) mass is 389 g/mol. The number of aryl methyl sites for hydroxylation is 1. The van der Waals surface area contributed by atoms with Crippen molar-refractivity contribution in [3.8, 4) is 0 Å². The number of halogens is 2. The van der Waals surface area contributed by atoms with Crippen molar-refractivity contribution in [2.75, 3.05) is 7.05 Å². The molecule has 0 aliphatic carbocycles. The number of nitrogens with zero attached hydrogens (tertiary/aromatic N) is 4. The number of rotatable bonds is 4. The molecule has 2 aromatic rings. The molecular formula is C11H13Br2N5O. The molecule has 0 aliphatic rings. The number of hydrogen-bond donors (Lipinski definition) is 1. The molecule has 0 spiro atoms. The van der Waals surface area contributed by atoms with E-state index in [1.165, 1.54) is 0 Å². The van der Waals surface area contributed by atoms with Crippen molar-refractivity contribution < 1.29 is 4.79 Å². The van der Waals surface area contributed by atoms with Gasteiger partial charge in [0, 0.05) is 19.8 Å². The number of carbonyl (C=O) groups excluding carboxylic acids is 1. The molecule has 102 valence electrons. The van der Waals surface area contributed by atoms with Crippen LogP contribution in [0.25, 0.3) is 0 Å². The van der Waals surface area contributed by atoms with Crippen LogP contribution in [0.15, 0.2) is 21.3 Å². The van der Waals surface area contributed by atoms with Gasteiger partial charge in [0.05, 0.1) is 27.4 Å². The van der Waals surface area contributed by atoms with Gasteiger partial charge in [-0.2, -0.15) is 10.2 Å². The molecule has 0 saturated heterocycles. The number of H-pyrrole nitrogens is 1. The van der Waals surface area contributed by atoms with Gasteiger partial charge in [-0.1, -0.05) is 0 Å². The third kappa shape index (κ3) is 3.06. The average Bonchev–Trinajstić information content (AvgIpc) is 2.95. The molecule has 2 heterocycles. The highest BCUT2D eigenvalue weighted by molar-refractivity contribution is 9.10. The van der Waals surface area contributed by atoms with E-state index in [1.807, 2.05) is 17.8 Å². The van der Waals surface area contributed by atoms with E-state index in [4.69, 9.17) is 0 Å². The maximum atomic E-state index is 12.2. The number of aromatic nitrogens is 4. The lowest BCUT2D eigenvalue weighted by molar-refractivity contribution is 0.0776. The van der Waals surface area contributed by atoms with Crippen LogP contribution in [0.1, 0.15) is 23.1 Å². The SMILES string of the molecule is CCn1cc(Br)c(CN(C)C(=O)c2[nH]ncc2Br)n1. The lowest BCUT2D eigenvalue weighted by Crippen LogP contribution is -2.27. The van der Waals surface area contributed by atoms with Crippen LogP contribution in [0, 0.1) is 0 Å². The minimum Gasteiger partial charge on any atom is -0.334 e. The standard InChI is InChI=1S/C11H13Br2N5O/c1-3-18-5-8(13)9(16-18)6-17(2)11(19)10-7(12)4-14-15-10/h4-5H,3,6H2,1-2H3,(H,14,15). The Balaban J connectivity index is 2.12. The molecule has 0 bridgehead atoms. The predicted molar refractivity (Wildman–Crippen MR) is 77.7 cm³/mol. The van der Waals surface area contributed by atoms with Crippen molar-refractivity contribution >= 4 is 37.8 Å². The predicted octanol–water partition coefficient (Wildman–Crippen LogP) is 2.42. The van der Waals surface area contributed by atoms with Gasteiger partial charge in [-0.15, -0.1) is 0 Å². The van der Waals surface area contributed by atoms with Crippen LogP contribution in [0.5, 0.6) is 0 Å². The highest BCUT2D eigenvalue weighted by Gasteiger charge is 2.19. The van der Waals surface area contributed by atoms with Crippen LogP contribution in [-0.4, -0.2) is 37.8 Å². The fourth-order valence-corrected chi connectivity index (χ4v) is 2.42. The first kappa shape index (κ1) is 14.3. The molecule has 1 amide bonds. The smallest absolute Gasteiger partial charge is 0.273 e. The quantitative estimate of drug-likeness (QED) is 0.871. The Morgan fingerprint density at radius 1 is 1.47 bits per heavy atom. The van der Waals surface area contributed by atoms with E-state index in [0.29, 0.717) is 16.7 Å². The van der Waals surface area contributed by atoms with Crippen LogP contribution in [0.4, 0.5) is 0 Å². The number of nitrogens with one attached hydrogen (secondary N) is 1. The molecular weight excluding hydrogens is 378 g/mol. The van der Waals surface area contributed by atoms with E-state index in [9.17, 15) is 4.79 Å². The Morgan fingerprint density at radius 3 is 2.74 bits per heavy atom. The summed E-state index contributed by atoms with van der Waals surface area (Å²) < 4.78 is 3.38. The first-order valence-electron chi connectivity index (χ1n) is 5.69.